The zero-order valence-electron chi connectivity index (χ0n) is 12.0. The summed E-state index contributed by atoms with van der Waals surface area (Å²) in [5, 5.41) is 0. The molecule has 1 fully saturated rings. The smallest absolute Gasteiger partial charge is 0.240 e. The van der Waals surface area contributed by atoms with Crippen LogP contribution >= 0.6 is 0 Å². The molecule has 0 saturated heterocycles. The number of benzene rings is 1. The van der Waals surface area contributed by atoms with Crippen molar-refractivity contribution < 1.29 is 8.42 Å². The summed E-state index contributed by atoms with van der Waals surface area (Å²) in [4.78, 5) is 0.344. The summed E-state index contributed by atoms with van der Waals surface area (Å²) in [5.41, 5.74) is 6.59. The predicted molar refractivity (Wildman–Crippen MR) is 80.9 cm³/mol. The van der Waals surface area contributed by atoms with Crippen molar-refractivity contribution in [1.82, 2.24) is 4.72 Å². The molecular formula is C15H24N2O2S. The SMILES string of the molecule is CC(CNS(=O)(=O)c1ccc(CCCN)cc1)C1CC1. The Hall–Kier alpha value is -0.910. The molecule has 0 bridgehead atoms. The predicted octanol–water partition coefficient (Wildman–Crippen LogP) is 1.90. The maximum atomic E-state index is 12.2. The van der Waals surface area contributed by atoms with E-state index in [4.69, 9.17) is 5.73 Å². The monoisotopic (exact) mass is 296 g/mol. The minimum atomic E-state index is -3.37. The molecule has 1 unspecified atom stereocenters. The van der Waals surface area contributed by atoms with E-state index >= 15 is 0 Å². The number of hydrogen-bond donors (Lipinski definition) is 2. The molecule has 1 aromatic rings. The molecule has 1 saturated carbocycles. The number of nitrogens with two attached hydrogens (primary N) is 1. The van der Waals surface area contributed by atoms with Gasteiger partial charge in [0.05, 0.1) is 4.90 Å². The maximum Gasteiger partial charge on any atom is 0.240 e. The van der Waals surface area contributed by atoms with Crippen LogP contribution < -0.4 is 10.5 Å². The second kappa shape index (κ2) is 6.70. The number of rotatable bonds is 8. The molecule has 0 heterocycles. The van der Waals surface area contributed by atoms with Crippen LogP contribution in [0.3, 0.4) is 0 Å². The Morgan fingerprint density at radius 1 is 1.30 bits per heavy atom. The van der Waals surface area contributed by atoms with Gasteiger partial charge < -0.3 is 5.73 Å². The molecule has 2 rings (SSSR count). The first kappa shape index (κ1) is 15.5. The van der Waals surface area contributed by atoms with E-state index in [2.05, 4.69) is 11.6 Å². The van der Waals surface area contributed by atoms with E-state index < -0.39 is 10.0 Å². The maximum absolute atomic E-state index is 12.2. The normalized spacial score (nSPS) is 17.1. The summed E-state index contributed by atoms with van der Waals surface area (Å²) < 4.78 is 27.1. The lowest BCUT2D eigenvalue weighted by molar-refractivity contribution is 0.492. The highest BCUT2D eigenvalue weighted by molar-refractivity contribution is 7.89. The Morgan fingerprint density at radius 2 is 1.95 bits per heavy atom. The average Bonchev–Trinajstić information content (AvgIpc) is 3.27. The third kappa shape index (κ3) is 4.30. The molecule has 0 spiro atoms. The summed E-state index contributed by atoms with van der Waals surface area (Å²) in [6, 6.07) is 7.09. The van der Waals surface area contributed by atoms with Crippen molar-refractivity contribution >= 4 is 10.0 Å². The third-order valence-electron chi connectivity index (χ3n) is 3.93. The zero-order chi connectivity index (χ0) is 14.6. The lowest BCUT2D eigenvalue weighted by atomic mass is 10.1. The molecule has 0 radical (unpaired) electrons. The number of nitrogens with one attached hydrogen (secondary N) is 1. The highest BCUT2D eigenvalue weighted by atomic mass is 32.2. The van der Waals surface area contributed by atoms with E-state index in [1.54, 1.807) is 12.1 Å². The van der Waals surface area contributed by atoms with Crippen LogP contribution in [0.2, 0.25) is 0 Å². The first-order chi connectivity index (χ1) is 9.53. The lowest BCUT2D eigenvalue weighted by Crippen LogP contribution is -2.29. The fourth-order valence-electron chi connectivity index (χ4n) is 2.30. The summed E-state index contributed by atoms with van der Waals surface area (Å²) >= 11 is 0. The van der Waals surface area contributed by atoms with Gasteiger partial charge in [0, 0.05) is 6.54 Å². The molecule has 112 valence electrons. The highest BCUT2D eigenvalue weighted by Crippen LogP contribution is 2.36. The van der Waals surface area contributed by atoms with Crippen molar-refractivity contribution in [2.45, 2.75) is 37.5 Å². The van der Waals surface area contributed by atoms with Gasteiger partial charge in [-0.2, -0.15) is 0 Å². The van der Waals surface area contributed by atoms with E-state index in [0.717, 1.165) is 18.4 Å². The van der Waals surface area contributed by atoms with Gasteiger partial charge >= 0.3 is 0 Å². The molecule has 0 aliphatic heterocycles. The minimum absolute atomic E-state index is 0.344. The van der Waals surface area contributed by atoms with Crippen LogP contribution in [-0.4, -0.2) is 21.5 Å². The Labute approximate surface area is 121 Å². The van der Waals surface area contributed by atoms with Crippen molar-refractivity contribution in [3.05, 3.63) is 29.8 Å². The van der Waals surface area contributed by atoms with E-state index in [0.29, 0.717) is 29.8 Å². The molecule has 1 aliphatic carbocycles. The summed E-state index contributed by atoms with van der Waals surface area (Å²) in [5.74, 6) is 1.13. The van der Waals surface area contributed by atoms with Gasteiger partial charge in [-0.25, -0.2) is 13.1 Å². The van der Waals surface area contributed by atoms with Gasteiger partial charge in [0.1, 0.15) is 0 Å². The fourth-order valence-corrected chi connectivity index (χ4v) is 3.44. The van der Waals surface area contributed by atoms with E-state index in [-0.39, 0.29) is 0 Å². The molecule has 3 N–H and O–H groups in total. The molecular weight excluding hydrogens is 272 g/mol. The molecule has 0 aromatic heterocycles. The minimum Gasteiger partial charge on any atom is -0.330 e. The Balaban J connectivity index is 1.93. The van der Waals surface area contributed by atoms with Gasteiger partial charge in [-0.15, -0.1) is 0 Å². The van der Waals surface area contributed by atoms with Crippen molar-refractivity contribution in [1.29, 1.82) is 0 Å². The molecule has 1 aliphatic rings. The Bertz CT molecular complexity index is 521. The van der Waals surface area contributed by atoms with Crippen LogP contribution in [0.4, 0.5) is 0 Å². The average molecular weight is 296 g/mol. The van der Waals surface area contributed by atoms with Crippen molar-refractivity contribution in [2.75, 3.05) is 13.1 Å². The summed E-state index contributed by atoms with van der Waals surface area (Å²) in [6.07, 6.45) is 4.28. The largest absolute Gasteiger partial charge is 0.330 e. The zero-order valence-corrected chi connectivity index (χ0v) is 12.8. The van der Waals surface area contributed by atoms with Crippen LogP contribution in [0.15, 0.2) is 29.2 Å². The molecule has 20 heavy (non-hydrogen) atoms. The van der Waals surface area contributed by atoms with Gasteiger partial charge in [-0.05, 0) is 61.8 Å². The molecule has 1 aromatic carbocycles. The molecule has 5 heteroatoms. The van der Waals surface area contributed by atoms with Crippen LogP contribution in [-0.2, 0) is 16.4 Å². The van der Waals surface area contributed by atoms with Crippen molar-refractivity contribution in [3.63, 3.8) is 0 Å². The number of sulfonamides is 1. The molecule has 4 nitrogen and oxygen atoms in total. The van der Waals surface area contributed by atoms with Crippen LogP contribution in [0.5, 0.6) is 0 Å². The quantitative estimate of drug-likeness (QED) is 0.769. The topological polar surface area (TPSA) is 72.2 Å². The van der Waals surface area contributed by atoms with Crippen LogP contribution in [0.1, 0.15) is 31.7 Å². The van der Waals surface area contributed by atoms with Gasteiger partial charge in [0.15, 0.2) is 0 Å². The van der Waals surface area contributed by atoms with E-state index in [1.807, 2.05) is 12.1 Å². The highest BCUT2D eigenvalue weighted by Gasteiger charge is 2.28. The van der Waals surface area contributed by atoms with Gasteiger partial charge in [0.25, 0.3) is 0 Å². The van der Waals surface area contributed by atoms with Crippen LogP contribution in [0.25, 0.3) is 0 Å². The van der Waals surface area contributed by atoms with Crippen molar-refractivity contribution in [3.8, 4) is 0 Å². The second-order valence-corrected chi connectivity index (χ2v) is 7.47. The summed E-state index contributed by atoms with van der Waals surface area (Å²) in [7, 11) is -3.37. The van der Waals surface area contributed by atoms with E-state index in [9.17, 15) is 8.42 Å². The first-order valence-electron chi connectivity index (χ1n) is 7.31. The van der Waals surface area contributed by atoms with Gasteiger partial charge in [0.2, 0.25) is 10.0 Å². The van der Waals surface area contributed by atoms with Gasteiger partial charge in [-0.1, -0.05) is 19.1 Å². The first-order valence-corrected chi connectivity index (χ1v) is 8.80. The number of aryl methyl sites for hydroxylation is 1. The fraction of sp³-hybridized carbons (Fsp3) is 0.600. The standard InChI is InChI=1S/C15H24N2O2S/c1-12(14-6-7-14)11-17-20(18,19)15-8-4-13(5-9-15)3-2-10-16/h4-5,8-9,12,14,17H,2-3,6-7,10-11,16H2,1H3. The van der Waals surface area contributed by atoms with Crippen LogP contribution in [0, 0.1) is 11.8 Å². The summed E-state index contributed by atoms with van der Waals surface area (Å²) in [6.45, 7) is 3.29. The number of hydrogen-bond acceptors (Lipinski definition) is 3. The second-order valence-electron chi connectivity index (χ2n) is 5.70. The molecule has 0 amide bonds. The Morgan fingerprint density at radius 3 is 2.50 bits per heavy atom. The lowest BCUT2D eigenvalue weighted by Gasteiger charge is -2.12. The third-order valence-corrected chi connectivity index (χ3v) is 5.36. The Kier molecular flexibility index (Phi) is 5.18. The van der Waals surface area contributed by atoms with Gasteiger partial charge in [-0.3, -0.25) is 0 Å². The van der Waals surface area contributed by atoms with E-state index in [1.165, 1.54) is 12.8 Å². The van der Waals surface area contributed by atoms with Crippen molar-refractivity contribution in [2.24, 2.45) is 17.6 Å². The molecule has 1 atom stereocenters.